The predicted octanol–water partition coefficient (Wildman–Crippen LogP) is 2.00. The average molecular weight is 253 g/mol. The maximum Gasteiger partial charge on any atom is 0.226 e. The minimum absolute atomic E-state index is 0.107. The lowest BCUT2D eigenvalue weighted by atomic mass is 10.1. The maximum absolute atomic E-state index is 9.10. The second-order valence-corrected chi connectivity index (χ2v) is 4.61. The fourth-order valence-electron chi connectivity index (χ4n) is 1.39. The summed E-state index contributed by atoms with van der Waals surface area (Å²) < 4.78 is 5.50. The van der Waals surface area contributed by atoms with Crippen molar-refractivity contribution in [3.05, 3.63) is 11.8 Å². The van der Waals surface area contributed by atoms with Crippen molar-refractivity contribution in [1.29, 1.82) is 0 Å². The molecule has 0 aliphatic heterocycles. The average Bonchev–Trinajstić information content (AvgIpc) is 2.34. The molecule has 0 saturated carbocycles. The molecule has 2 N–H and O–H groups in total. The lowest BCUT2D eigenvalue weighted by Gasteiger charge is -2.19. The van der Waals surface area contributed by atoms with Crippen LogP contribution in [0.4, 0.5) is 5.95 Å². The first-order valence-electron chi connectivity index (χ1n) is 6.42. The highest BCUT2D eigenvalue weighted by atomic mass is 16.5. The Labute approximate surface area is 109 Å². The van der Waals surface area contributed by atoms with Gasteiger partial charge in [-0.15, -0.1) is 0 Å². The molecule has 2 atom stereocenters. The van der Waals surface area contributed by atoms with E-state index in [0.717, 1.165) is 12.1 Å². The van der Waals surface area contributed by atoms with Gasteiger partial charge in [-0.25, -0.2) is 4.98 Å². The van der Waals surface area contributed by atoms with Gasteiger partial charge in [0.15, 0.2) is 0 Å². The zero-order valence-electron chi connectivity index (χ0n) is 11.6. The van der Waals surface area contributed by atoms with Crippen molar-refractivity contribution in [2.75, 3.05) is 18.5 Å². The summed E-state index contributed by atoms with van der Waals surface area (Å²) in [6.45, 7) is 8.72. The Kier molecular flexibility index (Phi) is 5.85. The van der Waals surface area contributed by atoms with E-state index < -0.39 is 0 Å². The predicted molar refractivity (Wildman–Crippen MR) is 71.9 cm³/mol. The molecule has 0 amide bonds. The van der Waals surface area contributed by atoms with Crippen molar-refractivity contribution >= 4 is 5.95 Å². The smallest absolute Gasteiger partial charge is 0.226 e. The molecule has 0 saturated heterocycles. The Morgan fingerprint density at radius 3 is 2.72 bits per heavy atom. The molecule has 0 aliphatic carbocycles. The molecule has 5 heteroatoms. The number of aliphatic hydroxyl groups is 1. The van der Waals surface area contributed by atoms with Gasteiger partial charge in [0, 0.05) is 24.4 Å². The SMILES string of the molecule is CCCOc1cc(C)nc(NC(C)C(C)CO)n1. The Bertz CT molecular complexity index is 371. The van der Waals surface area contributed by atoms with Crippen molar-refractivity contribution in [1.82, 2.24) is 9.97 Å². The number of hydrogen-bond acceptors (Lipinski definition) is 5. The third-order valence-corrected chi connectivity index (χ3v) is 2.78. The fourth-order valence-corrected chi connectivity index (χ4v) is 1.39. The van der Waals surface area contributed by atoms with Crippen LogP contribution in [0.3, 0.4) is 0 Å². The highest BCUT2D eigenvalue weighted by molar-refractivity contribution is 5.31. The van der Waals surface area contributed by atoms with E-state index in [1.165, 1.54) is 0 Å². The minimum atomic E-state index is 0.107. The molecule has 1 aromatic rings. The number of ether oxygens (including phenoxy) is 1. The maximum atomic E-state index is 9.10. The van der Waals surface area contributed by atoms with Crippen LogP contribution in [-0.4, -0.2) is 34.3 Å². The highest BCUT2D eigenvalue weighted by Crippen LogP contribution is 2.14. The number of nitrogens with one attached hydrogen (secondary N) is 1. The van der Waals surface area contributed by atoms with E-state index in [9.17, 15) is 0 Å². The molecular weight excluding hydrogens is 230 g/mol. The molecule has 18 heavy (non-hydrogen) atoms. The Hall–Kier alpha value is -1.36. The molecule has 2 unspecified atom stereocenters. The number of aromatic nitrogens is 2. The molecule has 5 nitrogen and oxygen atoms in total. The Morgan fingerprint density at radius 2 is 2.11 bits per heavy atom. The van der Waals surface area contributed by atoms with Gasteiger partial charge in [-0.05, 0) is 26.2 Å². The molecule has 102 valence electrons. The molecule has 0 fully saturated rings. The summed E-state index contributed by atoms with van der Waals surface area (Å²) in [7, 11) is 0. The van der Waals surface area contributed by atoms with Crippen molar-refractivity contribution in [3.8, 4) is 5.88 Å². The van der Waals surface area contributed by atoms with Crippen LogP contribution in [0.5, 0.6) is 5.88 Å². The normalized spacial score (nSPS) is 14.1. The van der Waals surface area contributed by atoms with Crippen LogP contribution in [0.15, 0.2) is 6.07 Å². The molecule has 0 aliphatic rings. The summed E-state index contributed by atoms with van der Waals surface area (Å²) in [5.74, 6) is 1.29. The van der Waals surface area contributed by atoms with E-state index in [-0.39, 0.29) is 18.6 Å². The van der Waals surface area contributed by atoms with Crippen LogP contribution >= 0.6 is 0 Å². The lowest BCUT2D eigenvalue weighted by molar-refractivity contribution is 0.226. The molecule has 1 aromatic heterocycles. The van der Waals surface area contributed by atoms with Crippen molar-refractivity contribution < 1.29 is 9.84 Å². The second kappa shape index (κ2) is 7.16. The third kappa shape index (κ3) is 4.49. The zero-order chi connectivity index (χ0) is 13.5. The van der Waals surface area contributed by atoms with E-state index in [1.54, 1.807) is 0 Å². The van der Waals surface area contributed by atoms with Gasteiger partial charge < -0.3 is 15.2 Å². The summed E-state index contributed by atoms with van der Waals surface area (Å²) >= 11 is 0. The van der Waals surface area contributed by atoms with E-state index in [4.69, 9.17) is 9.84 Å². The summed E-state index contributed by atoms with van der Waals surface area (Å²) in [6, 6.07) is 1.93. The van der Waals surface area contributed by atoms with Crippen molar-refractivity contribution in [3.63, 3.8) is 0 Å². The molecule has 0 spiro atoms. The van der Waals surface area contributed by atoms with Crippen LogP contribution in [0, 0.1) is 12.8 Å². The van der Waals surface area contributed by atoms with Gasteiger partial charge in [0.1, 0.15) is 0 Å². The van der Waals surface area contributed by atoms with Gasteiger partial charge >= 0.3 is 0 Å². The molecule has 1 rings (SSSR count). The standard InChI is InChI=1S/C13H23N3O2/c1-5-6-18-12-7-10(3)14-13(16-12)15-11(4)9(2)8-17/h7,9,11,17H,5-6,8H2,1-4H3,(H,14,15,16). The summed E-state index contributed by atoms with van der Waals surface area (Å²) in [6.07, 6.45) is 0.948. The fraction of sp³-hybridized carbons (Fsp3) is 0.692. The zero-order valence-corrected chi connectivity index (χ0v) is 11.6. The van der Waals surface area contributed by atoms with Gasteiger partial charge in [0.25, 0.3) is 0 Å². The van der Waals surface area contributed by atoms with Gasteiger partial charge in [0.2, 0.25) is 11.8 Å². The molecular formula is C13H23N3O2. The first-order valence-corrected chi connectivity index (χ1v) is 6.42. The second-order valence-electron chi connectivity index (χ2n) is 4.61. The van der Waals surface area contributed by atoms with Crippen LogP contribution in [0.25, 0.3) is 0 Å². The number of anilines is 1. The molecule has 1 heterocycles. The molecule has 0 radical (unpaired) electrons. The van der Waals surface area contributed by atoms with Crippen molar-refractivity contribution in [2.45, 2.75) is 40.2 Å². The number of hydrogen-bond donors (Lipinski definition) is 2. The number of rotatable bonds is 7. The Balaban J connectivity index is 2.73. The van der Waals surface area contributed by atoms with Crippen LogP contribution < -0.4 is 10.1 Å². The van der Waals surface area contributed by atoms with Crippen molar-refractivity contribution in [2.24, 2.45) is 5.92 Å². The molecule has 0 bridgehead atoms. The van der Waals surface area contributed by atoms with E-state index in [1.807, 2.05) is 26.8 Å². The van der Waals surface area contributed by atoms with Gasteiger partial charge in [0.05, 0.1) is 6.61 Å². The Morgan fingerprint density at radius 1 is 1.39 bits per heavy atom. The number of aliphatic hydroxyl groups excluding tert-OH is 1. The first kappa shape index (κ1) is 14.7. The quantitative estimate of drug-likeness (QED) is 0.778. The van der Waals surface area contributed by atoms with E-state index in [2.05, 4.69) is 22.2 Å². The summed E-state index contributed by atoms with van der Waals surface area (Å²) in [5.41, 5.74) is 0.863. The monoisotopic (exact) mass is 253 g/mol. The van der Waals surface area contributed by atoms with Crippen LogP contribution in [0.1, 0.15) is 32.9 Å². The van der Waals surface area contributed by atoms with Crippen LogP contribution in [-0.2, 0) is 0 Å². The molecule has 0 aromatic carbocycles. The van der Waals surface area contributed by atoms with Gasteiger partial charge in [-0.1, -0.05) is 13.8 Å². The third-order valence-electron chi connectivity index (χ3n) is 2.78. The topological polar surface area (TPSA) is 67.3 Å². The summed E-state index contributed by atoms with van der Waals surface area (Å²) in [5, 5.41) is 12.3. The lowest BCUT2D eigenvalue weighted by Crippen LogP contribution is -2.27. The number of nitrogens with zero attached hydrogens (tertiary/aromatic N) is 2. The van der Waals surface area contributed by atoms with E-state index >= 15 is 0 Å². The van der Waals surface area contributed by atoms with Crippen LogP contribution in [0.2, 0.25) is 0 Å². The van der Waals surface area contributed by atoms with Gasteiger partial charge in [-0.3, -0.25) is 0 Å². The minimum Gasteiger partial charge on any atom is -0.478 e. The number of aryl methyl sites for hydroxylation is 1. The summed E-state index contributed by atoms with van der Waals surface area (Å²) in [4.78, 5) is 8.62. The first-order chi connectivity index (χ1) is 8.56. The van der Waals surface area contributed by atoms with Gasteiger partial charge in [-0.2, -0.15) is 4.98 Å². The highest BCUT2D eigenvalue weighted by Gasteiger charge is 2.13. The van der Waals surface area contributed by atoms with E-state index in [0.29, 0.717) is 18.4 Å². The largest absolute Gasteiger partial charge is 0.478 e.